The lowest BCUT2D eigenvalue weighted by molar-refractivity contribution is -0.143. The predicted octanol–water partition coefficient (Wildman–Crippen LogP) is 3.88. The number of hydrogen-bond acceptors (Lipinski definition) is 4. The molecule has 4 N–H and O–H groups in total. The molecule has 0 saturated carbocycles. The van der Waals surface area contributed by atoms with Crippen LogP contribution in [-0.4, -0.2) is 45.8 Å². The number of hydrogen-bond donors (Lipinski definition) is 4. The molecular formula is C25H39NO6. The van der Waals surface area contributed by atoms with Crippen LogP contribution in [0.1, 0.15) is 103 Å². The summed E-state index contributed by atoms with van der Waals surface area (Å²) >= 11 is 0. The van der Waals surface area contributed by atoms with Gasteiger partial charge in [0.15, 0.2) is 0 Å². The first-order chi connectivity index (χ1) is 15.5. The molecule has 0 saturated heterocycles. The fourth-order valence-electron chi connectivity index (χ4n) is 3.07. The van der Waals surface area contributed by atoms with Crippen molar-refractivity contribution in [2.24, 2.45) is 0 Å². The first-order valence-corrected chi connectivity index (χ1v) is 11.8. The number of aliphatic hydroxyl groups is 1. The summed E-state index contributed by atoms with van der Waals surface area (Å²) in [4.78, 5) is 32.7. The van der Waals surface area contributed by atoms with E-state index in [1.165, 1.54) is 0 Å². The van der Waals surface area contributed by atoms with Crippen molar-refractivity contribution >= 4 is 17.8 Å². The number of unbranched alkanes of at least 4 members (excludes halogenated alkanes) is 12. The lowest BCUT2D eigenvalue weighted by Gasteiger charge is -2.11. The van der Waals surface area contributed by atoms with Gasteiger partial charge in [-0.3, -0.25) is 9.59 Å². The van der Waals surface area contributed by atoms with Crippen LogP contribution < -0.4 is 5.32 Å². The lowest BCUT2D eigenvalue weighted by Crippen LogP contribution is -2.43. The summed E-state index contributed by atoms with van der Waals surface area (Å²) in [5, 5.41) is 28.5. The number of amides is 1. The van der Waals surface area contributed by atoms with E-state index in [0.29, 0.717) is 6.42 Å². The zero-order chi connectivity index (χ0) is 23.9. The van der Waals surface area contributed by atoms with E-state index < -0.39 is 24.6 Å². The Morgan fingerprint density at radius 1 is 0.656 bits per heavy atom. The van der Waals surface area contributed by atoms with Crippen molar-refractivity contribution in [2.45, 2.75) is 109 Å². The molecule has 0 aliphatic heterocycles. The summed E-state index contributed by atoms with van der Waals surface area (Å²) in [7, 11) is 0. The van der Waals surface area contributed by atoms with Crippen LogP contribution in [0.3, 0.4) is 0 Å². The molecule has 0 heterocycles. The molecule has 0 bridgehead atoms. The van der Waals surface area contributed by atoms with Gasteiger partial charge in [0.25, 0.3) is 0 Å². The number of carboxylic acids is 2. The number of carbonyl (C=O) groups is 3. The quantitative estimate of drug-likeness (QED) is 0.175. The number of aliphatic carboxylic acids is 2. The zero-order valence-corrected chi connectivity index (χ0v) is 19.2. The van der Waals surface area contributed by atoms with Crippen molar-refractivity contribution in [2.75, 3.05) is 6.61 Å². The Morgan fingerprint density at radius 2 is 1.09 bits per heavy atom. The monoisotopic (exact) mass is 449 g/mol. The van der Waals surface area contributed by atoms with Gasteiger partial charge >= 0.3 is 11.9 Å². The summed E-state index contributed by atoms with van der Waals surface area (Å²) in [6.45, 7) is -0.603. The largest absolute Gasteiger partial charge is 0.481 e. The standard InChI is InChI=1S/C25H39NO6/c27-21-22(25(31)32)26-23(28)19-17-15-13-11-9-7-5-3-1-2-4-6-8-10-12-14-16-18-20-24(29)30/h22,27H,5-21H2,(H,26,28)(H,29,30)(H,31,32)/t22-/m0/s1. The minimum absolute atomic E-state index is 0.273. The predicted molar refractivity (Wildman–Crippen MR) is 124 cm³/mol. The molecule has 1 amide bonds. The molecule has 0 aromatic carbocycles. The van der Waals surface area contributed by atoms with Gasteiger partial charge in [-0.1, -0.05) is 63.2 Å². The molecule has 0 aliphatic carbocycles. The molecule has 1 atom stereocenters. The van der Waals surface area contributed by atoms with Gasteiger partial charge in [0, 0.05) is 25.7 Å². The van der Waals surface area contributed by atoms with Gasteiger partial charge in [0.1, 0.15) is 6.04 Å². The van der Waals surface area contributed by atoms with Crippen LogP contribution in [0.5, 0.6) is 0 Å². The van der Waals surface area contributed by atoms with E-state index in [9.17, 15) is 14.4 Å². The first kappa shape index (κ1) is 29.5. The van der Waals surface area contributed by atoms with Crippen molar-refractivity contribution in [1.82, 2.24) is 5.32 Å². The highest BCUT2D eigenvalue weighted by Gasteiger charge is 2.17. The van der Waals surface area contributed by atoms with Gasteiger partial charge in [0.05, 0.1) is 6.61 Å². The number of nitrogens with one attached hydrogen (secondary N) is 1. The minimum atomic E-state index is -1.23. The van der Waals surface area contributed by atoms with Gasteiger partial charge in [-0.2, -0.15) is 0 Å². The van der Waals surface area contributed by atoms with Crippen molar-refractivity contribution in [3.05, 3.63) is 0 Å². The topological polar surface area (TPSA) is 124 Å². The highest BCUT2D eigenvalue weighted by Crippen LogP contribution is 2.09. The average Bonchev–Trinajstić information content (AvgIpc) is 2.75. The van der Waals surface area contributed by atoms with Crippen LogP contribution in [0.25, 0.3) is 0 Å². The summed E-state index contributed by atoms with van der Waals surface area (Å²) in [6, 6.07) is -1.22. The van der Waals surface area contributed by atoms with E-state index >= 15 is 0 Å². The Bertz CT molecular complexity index is 653. The second-order valence-electron chi connectivity index (χ2n) is 7.88. The van der Waals surface area contributed by atoms with Crippen LogP contribution in [0, 0.1) is 23.7 Å². The fraction of sp³-hybridized carbons (Fsp3) is 0.720. The van der Waals surface area contributed by atoms with E-state index in [2.05, 4.69) is 29.0 Å². The maximum Gasteiger partial charge on any atom is 0.328 e. The van der Waals surface area contributed by atoms with Crippen molar-refractivity contribution in [1.29, 1.82) is 0 Å². The van der Waals surface area contributed by atoms with E-state index in [1.807, 2.05) is 0 Å². The van der Waals surface area contributed by atoms with Gasteiger partial charge in [-0.25, -0.2) is 4.79 Å². The van der Waals surface area contributed by atoms with Crippen LogP contribution in [-0.2, 0) is 14.4 Å². The molecule has 0 radical (unpaired) electrons. The third-order valence-electron chi connectivity index (χ3n) is 4.95. The van der Waals surface area contributed by atoms with Gasteiger partial charge in [-0.15, -0.1) is 0 Å². The highest BCUT2D eigenvalue weighted by molar-refractivity contribution is 5.83. The Kier molecular flexibility index (Phi) is 20.0. The van der Waals surface area contributed by atoms with Crippen molar-refractivity contribution in [3.8, 4) is 23.7 Å². The number of rotatable bonds is 19. The second kappa shape index (κ2) is 21.7. The Balaban J connectivity index is 3.45. The summed E-state index contributed by atoms with van der Waals surface area (Å²) in [6.07, 6.45) is 14.3. The lowest BCUT2D eigenvalue weighted by atomic mass is 10.1. The van der Waals surface area contributed by atoms with E-state index in [-0.39, 0.29) is 18.7 Å². The third kappa shape index (κ3) is 20.8. The molecule has 7 nitrogen and oxygen atoms in total. The molecule has 0 aromatic rings. The smallest absolute Gasteiger partial charge is 0.328 e. The van der Waals surface area contributed by atoms with E-state index in [4.69, 9.17) is 15.3 Å². The number of aliphatic hydroxyl groups excluding tert-OH is 1. The molecule has 0 aromatic heterocycles. The Hall–Kier alpha value is -2.51. The molecule has 0 aliphatic rings. The third-order valence-corrected chi connectivity index (χ3v) is 4.95. The molecule has 32 heavy (non-hydrogen) atoms. The first-order valence-electron chi connectivity index (χ1n) is 11.8. The van der Waals surface area contributed by atoms with E-state index in [0.717, 1.165) is 83.5 Å². The van der Waals surface area contributed by atoms with Crippen LogP contribution >= 0.6 is 0 Å². The molecule has 0 rings (SSSR count). The highest BCUT2D eigenvalue weighted by atomic mass is 16.4. The Morgan fingerprint density at radius 3 is 1.53 bits per heavy atom. The molecular weight excluding hydrogens is 410 g/mol. The minimum Gasteiger partial charge on any atom is -0.481 e. The van der Waals surface area contributed by atoms with Crippen LogP contribution in [0.4, 0.5) is 0 Å². The van der Waals surface area contributed by atoms with Crippen LogP contribution in [0.15, 0.2) is 0 Å². The second-order valence-corrected chi connectivity index (χ2v) is 7.88. The molecule has 0 unspecified atom stereocenters. The molecule has 180 valence electrons. The van der Waals surface area contributed by atoms with Crippen molar-refractivity contribution in [3.63, 3.8) is 0 Å². The Labute approximate surface area is 192 Å². The SMILES string of the molecule is O=C(O)CCCCCCCCC#CC#CCCCCCCCCC(=O)N[C@@H](CO)C(=O)O. The number of carbonyl (C=O) groups excluding carboxylic acids is 1. The van der Waals surface area contributed by atoms with E-state index in [1.54, 1.807) is 0 Å². The molecule has 7 heteroatoms. The van der Waals surface area contributed by atoms with Gasteiger partial charge in [-0.05, 0) is 37.5 Å². The van der Waals surface area contributed by atoms with Gasteiger partial charge in [0.2, 0.25) is 5.91 Å². The average molecular weight is 450 g/mol. The number of carboxylic acid groups (broad SMARTS) is 2. The molecule has 0 spiro atoms. The van der Waals surface area contributed by atoms with Crippen molar-refractivity contribution < 1.29 is 29.7 Å². The maximum atomic E-state index is 11.6. The zero-order valence-electron chi connectivity index (χ0n) is 19.2. The fourth-order valence-corrected chi connectivity index (χ4v) is 3.07. The summed E-state index contributed by atoms with van der Waals surface area (Å²) in [5.74, 6) is 9.67. The van der Waals surface area contributed by atoms with Gasteiger partial charge < -0.3 is 20.6 Å². The normalized spacial score (nSPS) is 10.9. The van der Waals surface area contributed by atoms with Crippen LogP contribution in [0.2, 0.25) is 0 Å². The summed E-state index contributed by atoms with van der Waals surface area (Å²) < 4.78 is 0. The molecule has 0 fully saturated rings. The maximum absolute atomic E-state index is 11.6. The summed E-state index contributed by atoms with van der Waals surface area (Å²) in [5.41, 5.74) is 0.